The van der Waals surface area contributed by atoms with E-state index in [0.717, 1.165) is 4.90 Å². The molecule has 9 heteroatoms. The topological polar surface area (TPSA) is 114 Å². The second kappa shape index (κ2) is 7.93. The number of hydrogen-bond acceptors (Lipinski definition) is 7. The van der Waals surface area contributed by atoms with Gasteiger partial charge in [0.25, 0.3) is 11.8 Å². The third kappa shape index (κ3) is 3.70. The van der Waals surface area contributed by atoms with Crippen molar-refractivity contribution in [1.82, 2.24) is 5.32 Å². The van der Waals surface area contributed by atoms with E-state index in [9.17, 15) is 19.5 Å². The van der Waals surface area contributed by atoms with Crippen LogP contribution >= 0.6 is 0 Å². The molecular weight excluding hydrogens is 380 g/mol. The maximum Gasteiger partial charge on any atom is 0.335 e. The van der Waals surface area contributed by atoms with Crippen LogP contribution in [0.25, 0.3) is 6.08 Å². The molecule has 1 saturated heterocycles. The lowest BCUT2D eigenvalue weighted by molar-refractivity contribution is -0.122. The Hall–Kier alpha value is -4.01. The molecule has 150 valence electrons. The van der Waals surface area contributed by atoms with E-state index in [1.807, 2.05) is 0 Å². The first-order valence-electron chi connectivity index (χ1n) is 8.40. The summed E-state index contributed by atoms with van der Waals surface area (Å²) in [4.78, 5) is 38.3. The normalized spacial score (nSPS) is 15.3. The summed E-state index contributed by atoms with van der Waals surface area (Å²) < 4.78 is 15.2. The lowest BCUT2D eigenvalue weighted by atomic mass is 10.1. The Balaban J connectivity index is 2.03. The van der Waals surface area contributed by atoms with Crippen LogP contribution < -0.4 is 24.4 Å². The zero-order chi connectivity index (χ0) is 21.1. The number of nitrogens with one attached hydrogen (secondary N) is 1. The number of rotatable bonds is 5. The summed E-state index contributed by atoms with van der Waals surface area (Å²) in [6.45, 7) is 0. The quantitative estimate of drug-likeness (QED) is 0.585. The average molecular weight is 398 g/mol. The van der Waals surface area contributed by atoms with Gasteiger partial charge in [-0.3, -0.25) is 14.9 Å². The molecule has 0 unspecified atom stereocenters. The summed E-state index contributed by atoms with van der Waals surface area (Å²) in [7, 11) is 4.20. The number of phenolic OH excluding ortho intramolecular Hbond substituents is 1. The van der Waals surface area contributed by atoms with Gasteiger partial charge in [-0.25, -0.2) is 9.69 Å². The van der Waals surface area contributed by atoms with Crippen LogP contribution in [-0.2, 0) is 9.59 Å². The highest BCUT2D eigenvalue weighted by atomic mass is 16.5. The van der Waals surface area contributed by atoms with Gasteiger partial charge in [0.05, 0.1) is 27.0 Å². The molecule has 0 saturated carbocycles. The summed E-state index contributed by atoms with van der Waals surface area (Å²) in [5.74, 6) is -1.10. The minimum absolute atomic E-state index is 0.1000. The number of imide groups is 2. The number of benzene rings is 2. The van der Waals surface area contributed by atoms with Gasteiger partial charge in [0.2, 0.25) is 5.75 Å². The van der Waals surface area contributed by atoms with E-state index in [-0.39, 0.29) is 28.5 Å². The Labute approximate surface area is 166 Å². The van der Waals surface area contributed by atoms with Gasteiger partial charge in [0, 0.05) is 0 Å². The Kier molecular flexibility index (Phi) is 5.40. The van der Waals surface area contributed by atoms with Crippen molar-refractivity contribution in [3.8, 4) is 23.0 Å². The van der Waals surface area contributed by atoms with Crippen LogP contribution in [0.4, 0.5) is 10.5 Å². The van der Waals surface area contributed by atoms with E-state index in [1.165, 1.54) is 51.7 Å². The third-order valence-corrected chi connectivity index (χ3v) is 4.25. The molecule has 2 aromatic carbocycles. The summed E-state index contributed by atoms with van der Waals surface area (Å²) in [6, 6.07) is 8.23. The summed E-state index contributed by atoms with van der Waals surface area (Å²) >= 11 is 0. The molecule has 1 aliphatic rings. The molecule has 2 aromatic rings. The second-order valence-corrected chi connectivity index (χ2v) is 5.93. The van der Waals surface area contributed by atoms with Gasteiger partial charge in [0.1, 0.15) is 11.3 Å². The number of carbonyl (C=O) groups is 3. The van der Waals surface area contributed by atoms with Gasteiger partial charge in [-0.1, -0.05) is 0 Å². The van der Waals surface area contributed by atoms with E-state index >= 15 is 0 Å². The van der Waals surface area contributed by atoms with E-state index in [1.54, 1.807) is 12.1 Å². The van der Waals surface area contributed by atoms with E-state index in [4.69, 9.17) is 14.2 Å². The van der Waals surface area contributed by atoms with Crippen LogP contribution in [0.1, 0.15) is 5.56 Å². The van der Waals surface area contributed by atoms with Crippen molar-refractivity contribution in [2.75, 3.05) is 26.2 Å². The first-order chi connectivity index (χ1) is 13.9. The molecule has 2 N–H and O–H groups in total. The number of carbonyl (C=O) groups excluding carboxylic acids is 3. The number of methoxy groups -OCH3 is 3. The number of phenols is 1. The molecule has 0 bridgehead atoms. The van der Waals surface area contributed by atoms with Crippen molar-refractivity contribution in [2.24, 2.45) is 0 Å². The third-order valence-electron chi connectivity index (χ3n) is 4.25. The minimum Gasteiger partial charge on any atom is -0.502 e. The molecule has 0 aromatic heterocycles. The fourth-order valence-corrected chi connectivity index (χ4v) is 2.79. The summed E-state index contributed by atoms with van der Waals surface area (Å²) in [5.41, 5.74) is 0.363. The molecule has 4 amide bonds. The molecule has 29 heavy (non-hydrogen) atoms. The molecule has 0 aliphatic carbocycles. The first kappa shape index (κ1) is 19.7. The smallest absolute Gasteiger partial charge is 0.335 e. The lowest BCUT2D eigenvalue weighted by Crippen LogP contribution is -2.54. The minimum atomic E-state index is -0.858. The SMILES string of the molecule is COc1ccc(N2C(=O)NC(=O)/C(=C\c3cc(OC)c(O)c(OC)c3)C2=O)cc1. The van der Waals surface area contributed by atoms with Gasteiger partial charge in [-0.05, 0) is 48.0 Å². The maximum absolute atomic E-state index is 12.9. The molecule has 1 fully saturated rings. The van der Waals surface area contributed by atoms with Crippen LogP contribution in [0, 0.1) is 0 Å². The maximum atomic E-state index is 12.9. The highest BCUT2D eigenvalue weighted by Crippen LogP contribution is 2.38. The van der Waals surface area contributed by atoms with Crippen LogP contribution in [0.5, 0.6) is 23.0 Å². The van der Waals surface area contributed by atoms with E-state index < -0.39 is 17.8 Å². The van der Waals surface area contributed by atoms with Crippen LogP contribution in [0.2, 0.25) is 0 Å². The van der Waals surface area contributed by atoms with Crippen molar-refractivity contribution >= 4 is 29.6 Å². The molecular formula is C20H18N2O7. The number of barbiturate groups is 1. The number of aromatic hydroxyl groups is 1. The van der Waals surface area contributed by atoms with Crippen molar-refractivity contribution < 1.29 is 33.7 Å². The number of urea groups is 1. The van der Waals surface area contributed by atoms with Gasteiger partial charge in [-0.15, -0.1) is 0 Å². The largest absolute Gasteiger partial charge is 0.502 e. The zero-order valence-electron chi connectivity index (χ0n) is 15.9. The number of amides is 4. The number of anilines is 1. The van der Waals surface area contributed by atoms with Crippen molar-refractivity contribution in [2.45, 2.75) is 0 Å². The van der Waals surface area contributed by atoms with Gasteiger partial charge >= 0.3 is 6.03 Å². The van der Waals surface area contributed by atoms with Crippen molar-refractivity contribution in [3.05, 3.63) is 47.5 Å². The number of ether oxygens (including phenoxy) is 3. The fraction of sp³-hybridized carbons (Fsp3) is 0.150. The van der Waals surface area contributed by atoms with Crippen molar-refractivity contribution in [3.63, 3.8) is 0 Å². The number of nitrogens with zero attached hydrogens (tertiary/aromatic N) is 1. The van der Waals surface area contributed by atoms with Crippen LogP contribution in [0.15, 0.2) is 42.0 Å². The summed E-state index contributed by atoms with van der Waals surface area (Å²) in [6.07, 6.45) is 1.28. The molecule has 1 heterocycles. The Bertz CT molecular complexity index is 987. The lowest BCUT2D eigenvalue weighted by Gasteiger charge is -2.26. The standard InChI is InChI=1S/C20H18N2O7/c1-27-13-6-4-12(5-7-13)22-19(25)14(18(24)21-20(22)26)8-11-9-15(28-2)17(23)16(10-11)29-3/h4-10,23H,1-3H3,(H,21,24,26)/b14-8+. The number of hydrogen-bond donors (Lipinski definition) is 2. The Morgan fingerprint density at radius 1 is 0.931 bits per heavy atom. The Morgan fingerprint density at radius 3 is 2.03 bits per heavy atom. The molecule has 0 atom stereocenters. The first-order valence-corrected chi connectivity index (χ1v) is 8.40. The Morgan fingerprint density at radius 2 is 1.52 bits per heavy atom. The predicted octanol–water partition coefficient (Wildman–Crippen LogP) is 2.08. The average Bonchev–Trinajstić information content (AvgIpc) is 2.72. The molecule has 0 radical (unpaired) electrons. The van der Waals surface area contributed by atoms with Crippen LogP contribution in [0.3, 0.4) is 0 Å². The fourth-order valence-electron chi connectivity index (χ4n) is 2.79. The predicted molar refractivity (Wildman–Crippen MR) is 103 cm³/mol. The molecule has 0 spiro atoms. The second-order valence-electron chi connectivity index (χ2n) is 5.93. The van der Waals surface area contributed by atoms with E-state index in [0.29, 0.717) is 11.3 Å². The van der Waals surface area contributed by atoms with Gasteiger partial charge < -0.3 is 19.3 Å². The summed E-state index contributed by atoms with van der Waals surface area (Å²) in [5, 5.41) is 12.2. The highest BCUT2D eigenvalue weighted by Gasteiger charge is 2.36. The van der Waals surface area contributed by atoms with Crippen LogP contribution in [-0.4, -0.2) is 44.3 Å². The van der Waals surface area contributed by atoms with Gasteiger partial charge in [-0.2, -0.15) is 0 Å². The molecule has 1 aliphatic heterocycles. The van der Waals surface area contributed by atoms with Gasteiger partial charge in [0.15, 0.2) is 11.5 Å². The zero-order valence-corrected chi connectivity index (χ0v) is 15.9. The highest BCUT2D eigenvalue weighted by molar-refractivity contribution is 6.39. The monoisotopic (exact) mass is 398 g/mol. The van der Waals surface area contributed by atoms with Crippen molar-refractivity contribution in [1.29, 1.82) is 0 Å². The molecule has 3 rings (SSSR count). The molecule has 9 nitrogen and oxygen atoms in total. The van der Waals surface area contributed by atoms with E-state index in [2.05, 4.69) is 5.32 Å².